The van der Waals surface area contributed by atoms with Gasteiger partial charge in [-0.1, -0.05) is 13.8 Å². The van der Waals surface area contributed by atoms with Crippen molar-refractivity contribution in [1.82, 2.24) is 5.32 Å². The summed E-state index contributed by atoms with van der Waals surface area (Å²) in [6.07, 6.45) is 7.25. The van der Waals surface area contributed by atoms with Crippen LogP contribution in [0.2, 0.25) is 0 Å². The van der Waals surface area contributed by atoms with Crippen molar-refractivity contribution in [2.75, 3.05) is 13.6 Å². The molecule has 0 aliphatic rings. The van der Waals surface area contributed by atoms with E-state index >= 15 is 0 Å². The standard InChI is InChI=1S/C9H17N/c1-5-7-9(3,6-2)8-10-4/h1,10H,6-8H2,2-4H3. The van der Waals surface area contributed by atoms with E-state index in [0.29, 0.717) is 5.41 Å². The average molecular weight is 139 g/mol. The van der Waals surface area contributed by atoms with Gasteiger partial charge >= 0.3 is 0 Å². The normalized spacial score (nSPS) is 15.8. The zero-order valence-electron chi connectivity index (χ0n) is 7.20. The van der Waals surface area contributed by atoms with Crippen molar-refractivity contribution in [3.8, 4) is 12.3 Å². The molecular weight excluding hydrogens is 122 g/mol. The molecule has 0 heterocycles. The van der Waals surface area contributed by atoms with Crippen molar-refractivity contribution in [2.24, 2.45) is 5.41 Å². The summed E-state index contributed by atoms with van der Waals surface area (Å²) < 4.78 is 0. The molecule has 1 heteroatoms. The van der Waals surface area contributed by atoms with Crippen LogP contribution in [0.1, 0.15) is 26.7 Å². The van der Waals surface area contributed by atoms with Crippen LogP contribution in [0, 0.1) is 17.8 Å². The number of terminal acetylenes is 1. The molecule has 0 saturated carbocycles. The smallest absolute Gasteiger partial charge is 0.0152 e. The van der Waals surface area contributed by atoms with Gasteiger partial charge in [-0.05, 0) is 18.9 Å². The second-order valence-electron chi connectivity index (χ2n) is 3.08. The maximum atomic E-state index is 5.24. The Kier molecular flexibility index (Phi) is 4.14. The lowest BCUT2D eigenvalue weighted by molar-refractivity contribution is 0.310. The van der Waals surface area contributed by atoms with E-state index < -0.39 is 0 Å². The topological polar surface area (TPSA) is 12.0 Å². The maximum Gasteiger partial charge on any atom is 0.0152 e. The van der Waals surface area contributed by atoms with Crippen molar-refractivity contribution >= 4 is 0 Å². The van der Waals surface area contributed by atoms with E-state index in [1.165, 1.54) is 0 Å². The van der Waals surface area contributed by atoms with Crippen LogP contribution in [0.4, 0.5) is 0 Å². The third-order valence-corrected chi connectivity index (χ3v) is 1.99. The second-order valence-corrected chi connectivity index (χ2v) is 3.08. The van der Waals surface area contributed by atoms with E-state index in [9.17, 15) is 0 Å². The Morgan fingerprint density at radius 3 is 2.50 bits per heavy atom. The Labute approximate surface area is 64.2 Å². The van der Waals surface area contributed by atoms with E-state index in [-0.39, 0.29) is 0 Å². The monoisotopic (exact) mass is 139 g/mol. The van der Waals surface area contributed by atoms with Gasteiger partial charge in [-0.2, -0.15) is 0 Å². The number of rotatable bonds is 4. The third kappa shape index (κ3) is 2.89. The van der Waals surface area contributed by atoms with Gasteiger partial charge in [0.15, 0.2) is 0 Å². The van der Waals surface area contributed by atoms with Crippen LogP contribution in [0.3, 0.4) is 0 Å². The first-order valence-corrected chi connectivity index (χ1v) is 3.76. The van der Waals surface area contributed by atoms with Gasteiger partial charge in [0.2, 0.25) is 0 Å². The van der Waals surface area contributed by atoms with Crippen LogP contribution in [0.25, 0.3) is 0 Å². The first-order chi connectivity index (χ1) is 4.68. The SMILES string of the molecule is C#CCC(C)(CC)CNC. The van der Waals surface area contributed by atoms with Gasteiger partial charge in [-0.25, -0.2) is 0 Å². The van der Waals surface area contributed by atoms with Crippen molar-refractivity contribution in [2.45, 2.75) is 26.7 Å². The molecule has 1 nitrogen and oxygen atoms in total. The van der Waals surface area contributed by atoms with Crippen molar-refractivity contribution < 1.29 is 0 Å². The summed E-state index contributed by atoms with van der Waals surface area (Å²) in [5.74, 6) is 2.70. The molecule has 0 aromatic rings. The highest BCUT2D eigenvalue weighted by molar-refractivity contribution is 4.92. The Morgan fingerprint density at radius 1 is 1.60 bits per heavy atom. The predicted molar refractivity (Wildman–Crippen MR) is 45.8 cm³/mol. The lowest BCUT2D eigenvalue weighted by atomic mass is 9.84. The third-order valence-electron chi connectivity index (χ3n) is 1.99. The highest BCUT2D eigenvalue weighted by atomic mass is 14.8. The van der Waals surface area contributed by atoms with E-state index in [4.69, 9.17) is 6.42 Å². The largest absolute Gasteiger partial charge is 0.319 e. The van der Waals surface area contributed by atoms with Crippen LogP contribution >= 0.6 is 0 Å². The van der Waals surface area contributed by atoms with Gasteiger partial charge in [0, 0.05) is 13.0 Å². The molecule has 0 spiro atoms. The van der Waals surface area contributed by atoms with Crippen LogP contribution in [-0.2, 0) is 0 Å². The summed E-state index contributed by atoms with van der Waals surface area (Å²) in [6, 6.07) is 0. The summed E-state index contributed by atoms with van der Waals surface area (Å²) in [4.78, 5) is 0. The van der Waals surface area contributed by atoms with Gasteiger partial charge in [0.25, 0.3) is 0 Å². The lowest BCUT2D eigenvalue weighted by Crippen LogP contribution is -2.28. The molecule has 0 fully saturated rings. The molecule has 0 aromatic heterocycles. The lowest BCUT2D eigenvalue weighted by Gasteiger charge is -2.25. The highest BCUT2D eigenvalue weighted by Gasteiger charge is 2.18. The summed E-state index contributed by atoms with van der Waals surface area (Å²) in [7, 11) is 1.96. The zero-order chi connectivity index (χ0) is 8.04. The van der Waals surface area contributed by atoms with Crippen LogP contribution in [-0.4, -0.2) is 13.6 Å². The summed E-state index contributed by atoms with van der Waals surface area (Å²) in [6.45, 7) is 5.39. The van der Waals surface area contributed by atoms with Gasteiger partial charge in [0.05, 0.1) is 0 Å². The van der Waals surface area contributed by atoms with Crippen molar-refractivity contribution in [1.29, 1.82) is 0 Å². The van der Waals surface area contributed by atoms with Crippen molar-refractivity contribution in [3.05, 3.63) is 0 Å². The molecule has 58 valence electrons. The molecule has 1 atom stereocenters. The minimum atomic E-state index is 0.295. The van der Waals surface area contributed by atoms with E-state index in [1.807, 2.05) is 7.05 Å². The minimum Gasteiger partial charge on any atom is -0.319 e. The van der Waals surface area contributed by atoms with Gasteiger partial charge in [-0.15, -0.1) is 12.3 Å². The average Bonchev–Trinajstić information content (AvgIpc) is 1.89. The first-order valence-electron chi connectivity index (χ1n) is 3.76. The van der Waals surface area contributed by atoms with Crippen LogP contribution in [0.5, 0.6) is 0 Å². The zero-order valence-corrected chi connectivity index (χ0v) is 7.20. The molecule has 1 unspecified atom stereocenters. The van der Waals surface area contributed by atoms with E-state index in [2.05, 4.69) is 25.1 Å². The molecule has 0 amide bonds. The predicted octanol–water partition coefficient (Wildman–Crippen LogP) is 1.65. The van der Waals surface area contributed by atoms with Crippen molar-refractivity contribution in [3.63, 3.8) is 0 Å². The maximum absolute atomic E-state index is 5.24. The molecule has 10 heavy (non-hydrogen) atoms. The molecular formula is C9H17N. The molecule has 0 aliphatic carbocycles. The molecule has 0 rings (SSSR count). The fourth-order valence-electron chi connectivity index (χ4n) is 0.986. The fraction of sp³-hybridized carbons (Fsp3) is 0.778. The second kappa shape index (κ2) is 4.35. The summed E-state index contributed by atoms with van der Waals surface area (Å²) >= 11 is 0. The summed E-state index contributed by atoms with van der Waals surface area (Å²) in [5, 5.41) is 3.15. The number of hydrogen-bond donors (Lipinski definition) is 1. The Bertz CT molecular complexity index is 123. The van der Waals surface area contributed by atoms with Crippen LogP contribution in [0.15, 0.2) is 0 Å². The Morgan fingerprint density at radius 2 is 2.20 bits per heavy atom. The van der Waals surface area contributed by atoms with E-state index in [1.54, 1.807) is 0 Å². The summed E-state index contributed by atoms with van der Waals surface area (Å²) in [5.41, 5.74) is 0.295. The van der Waals surface area contributed by atoms with E-state index in [0.717, 1.165) is 19.4 Å². The number of hydrogen-bond acceptors (Lipinski definition) is 1. The fourth-order valence-corrected chi connectivity index (χ4v) is 0.986. The molecule has 1 N–H and O–H groups in total. The number of nitrogens with one attached hydrogen (secondary N) is 1. The molecule has 0 aromatic carbocycles. The quantitative estimate of drug-likeness (QED) is 0.584. The highest BCUT2D eigenvalue weighted by Crippen LogP contribution is 2.23. The van der Waals surface area contributed by atoms with Gasteiger partial charge in [0.1, 0.15) is 0 Å². The Hall–Kier alpha value is -0.480. The first kappa shape index (κ1) is 9.52. The molecule has 0 aliphatic heterocycles. The molecule has 0 bridgehead atoms. The van der Waals surface area contributed by atoms with Gasteiger partial charge in [-0.3, -0.25) is 0 Å². The van der Waals surface area contributed by atoms with Gasteiger partial charge < -0.3 is 5.32 Å². The Balaban J connectivity index is 3.84. The molecule has 0 radical (unpaired) electrons. The van der Waals surface area contributed by atoms with Crippen LogP contribution < -0.4 is 5.32 Å². The molecule has 0 saturated heterocycles. The minimum absolute atomic E-state index is 0.295.